The van der Waals surface area contributed by atoms with Crippen molar-refractivity contribution in [3.05, 3.63) is 52.8 Å². The lowest BCUT2D eigenvalue weighted by molar-refractivity contribution is 0.581. The zero-order valence-corrected chi connectivity index (χ0v) is 11.5. The van der Waals surface area contributed by atoms with E-state index in [0.717, 1.165) is 6.42 Å². The highest BCUT2D eigenvalue weighted by atomic mass is 14.7. The van der Waals surface area contributed by atoms with Crippen molar-refractivity contribution in [1.29, 1.82) is 0 Å². The van der Waals surface area contributed by atoms with E-state index in [9.17, 15) is 0 Å². The Balaban J connectivity index is 2.29. The number of fused-ring (bicyclic) bond motifs is 3. The van der Waals surface area contributed by atoms with Gasteiger partial charge >= 0.3 is 0 Å². The Morgan fingerprint density at radius 2 is 1.83 bits per heavy atom. The van der Waals surface area contributed by atoms with E-state index >= 15 is 0 Å². The molecule has 0 amide bonds. The number of pyridine rings is 1. The summed E-state index contributed by atoms with van der Waals surface area (Å²) in [7, 11) is 0. The summed E-state index contributed by atoms with van der Waals surface area (Å²) in [5, 5.41) is 0. The third-order valence-corrected chi connectivity index (χ3v) is 3.80. The highest BCUT2D eigenvalue weighted by Gasteiger charge is 2.28. The second-order valence-electron chi connectivity index (χ2n) is 6.21. The minimum absolute atomic E-state index is 0.192. The molecule has 92 valence electrons. The van der Waals surface area contributed by atoms with Crippen molar-refractivity contribution in [3.63, 3.8) is 0 Å². The topological polar surface area (TPSA) is 12.9 Å². The summed E-state index contributed by atoms with van der Waals surface area (Å²) >= 11 is 0. The predicted molar refractivity (Wildman–Crippen MR) is 75.9 cm³/mol. The SMILES string of the molecule is Cc1ccc2c(c1C(C)(C)C)Cc1ncccc1-2. The Morgan fingerprint density at radius 3 is 2.56 bits per heavy atom. The van der Waals surface area contributed by atoms with Gasteiger partial charge in [-0.2, -0.15) is 0 Å². The summed E-state index contributed by atoms with van der Waals surface area (Å²) in [6, 6.07) is 8.73. The minimum atomic E-state index is 0.192. The van der Waals surface area contributed by atoms with Crippen molar-refractivity contribution in [3.8, 4) is 11.1 Å². The van der Waals surface area contributed by atoms with Crippen molar-refractivity contribution >= 4 is 0 Å². The third kappa shape index (κ3) is 1.58. The molecule has 1 aliphatic rings. The van der Waals surface area contributed by atoms with Gasteiger partial charge in [-0.25, -0.2) is 0 Å². The van der Waals surface area contributed by atoms with E-state index in [0.29, 0.717) is 0 Å². The fourth-order valence-corrected chi connectivity index (χ4v) is 3.24. The third-order valence-electron chi connectivity index (χ3n) is 3.80. The zero-order chi connectivity index (χ0) is 12.9. The number of benzene rings is 1. The molecule has 1 heteroatoms. The van der Waals surface area contributed by atoms with Crippen LogP contribution in [0.1, 0.15) is 43.2 Å². The second kappa shape index (κ2) is 3.68. The fraction of sp³-hybridized carbons (Fsp3) is 0.353. The lowest BCUT2D eigenvalue weighted by Crippen LogP contribution is -2.16. The van der Waals surface area contributed by atoms with Crippen LogP contribution in [0, 0.1) is 6.92 Å². The van der Waals surface area contributed by atoms with Crippen molar-refractivity contribution in [2.45, 2.75) is 39.5 Å². The van der Waals surface area contributed by atoms with Crippen LogP contribution in [0.2, 0.25) is 0 Å². The molecule has 2 aromatic rings. The van der Waals surface area contributed by atoms with Gasteiger partial charge in [-0.15, -0.1) is 0 Å². The molecule has 1 aromatic heterocycles. The molecular weight excluding hydrogens is 218 g/mol. The van der Waals surface area contributed by atoms with E-state index in [-0.39, 0.29) is 5.41 Å². The summed E-state index contributed by atoms with van der Waals surface area (Å²) in [6.45, 7) is 9.11. The predicted octanol–water partition coefficient (Wildman–Crippen LogP) is 4.26. The first-order valence-corrected chi connectivity index (χ1v) is 6.55. The number of aromatic nitrogens is 1. The smallest absolute Gasteiger partial charge is 0.0526 e. The van der Waals surface area contributed by atoms with Gasteiger partial charge in [-0.1, -0.05) is 39.0 Å². The molecule has 0 spiro atoms. The normalized spacial score (nSPS) is 13.3. The number of aryl methyl sites for hydroxylation is 1. The van der Waals surface area contributed by atoms with Gasteiger partial charge in [0, 0.05) is 18.2 Å². The molecular formula is C17H19N. The molecule has 0 fully saturated rings. The summed E-state index contributed by atoms with van der Waals surface area (Å²) in [5.41, 5.74) is 8.50. The molecule has 0 atom stereocenters. The first-order chi connectivity index (χ1) is 8.48. The highest BCUT2D eigenvalue weighted by Crippen LogP contribution is 2.42. The van der Waals surface area contributed by atoms with Crippen molar-refractivity contribution in [2.24, 2.45) is 0 Å². The minimum Gasteiger partial charge on any atom is -0.260 e. The van der Waals surface area contributed by atoms with Gasteiger partial charge in [0.1, 0.15) is 0 Å². The average molecular weight is 237 g/mol. The average Bonchev–Trinajstić information content (AvgIpc) is 2.64. The lowest BCUT2D eigenvalue weighted by Gasteiger charge is -2.25. The Labute approximate surface area is 109 Å². The van der Waals surface area contributed by atoms with Crippen LogP contribution in [0.3, 0.4) is 0 Å². The van der Waals surface area contributed by atoms with E-state index < -0.39 is 0 Å². The molecule has 1 nitrogen and oxygen atoms in total. The van der Waals surface area contributed by atoms with Crippen LogP contribution in [0.4, 0.5) is 0 Å². The standard InChI is InChI=1S/C17H19N/c1-11-7-8-12-13-6-5-9-18-15(13)10-14(12)16(11)17(2,3)4/h5-9H,10H2,1-4H3. The van der Waals surface area contributed by atoms with Crippen molar-refractivity contribution < 1.29 is 0 Å². The van der Waals surface area contributed by atoms with Gasteiger partial charge in [-0.3, -0.25) is 4.98 Å². The fourth-order valence-electron chi connectivity index (χ4n) is 3.24. The largest absolute Gasteiger partial charge is 0.260 e. The monoisotopic (exact) mass is 237 g/mol. The number of nitrogens with zero attached hydrogens (tertiary/aromatic N) is 1. The molecule has 0 N–H and O–H groups in total. The molecule has 1 aromatic carbocycles. The van der Waals surface area contributed by atoms with Crippen molar-refractivity contribution in [2.75, 3.05) is 0 Å². The first kappa shape index (κ1) is 11.5. The van der Waals surface area contributed by atoms with Gasteiger partial charge in [0.2, 0.25) is 0 Å². The first-order valence-electron chi connectivity index (χ1n) is 6.55. The molecule has 0 bridgehead atoms. The number of hydrogen-bond acceptors (Lipinski definition) is 1. The summed E-state index contributed by atoms with van der Waals surface area (Å²) in [4.78, 5) is 4.53. The maximum Gasteiger partial charge on any atom is 0.0526 e. The van der Waals surface area contributed by atoms with Crippen LogP contribution in [-0.4, -0.2) is 4.98 Å². The molecule has 18 heavy (non-hydrogen) atoms. The van der Waals surface area contributed by atoms with Crippen LogP contribution in [0.25, 0.3) is 11.1 Å². The Morgan fingerprint density at radius 1 is 1.06 bits per heavy atom. The highest BCUT2D eigenvalue weighted by molar-refractivity contribution is 5.77. The molecule has 1 aliphatic carbocycles. The van der Waals surface area contributed by atoms with E-state index in [4.69, 9.17) is 0 Å². The molecule has 0 aliphatic heterocycles. The van der Waals surface area contributed by atoms with Crippen LogP contribution >= 0.6 is 0 Å². The van der Waals surface area contributed by atoms with Gasteiger partial charge in [0.15, 0.2) is 0 Å². The molecule has 0 saturated carbocycles. The molecule has 0 saturated heterocycles. The second-order valence-corrected chi connectivity index (χ2v) is 6.21. The summed E-state index contributed by atoms with van der Waals surface area (Å²) in [5.74, 6) is 0. The lowest BCUT2D eigenvalue weighted by atomic mass is 9.79. The van der Waals surface area contributed by atoms with Gasteiger partial charge in [0.25, 0.3) is 0 Å². The molecule has 0 unspecified atom stereocenters. The molecule has 0 radical (unpaired) electrons. The molecule has 3 rings (SSSR count). The van der Waals surface area contributed by atoms with Gasteiger partial charge in [-0.05, 0) is 40.7 Å². The summed E-state index contributed by atoms with van der Waals surface area (Å²) in [6.07, 6.45) is 2.88. The van der Waals surface area contributed by atoms with Crippen LogP contribution in [-0.2, 0) is 11.8 Å². The quantitative estimate of drug-likeness (QED) is 0.569. The maximum absolute atomic E-state index is 4.53. The zero-order valence-electron chi connectivity index (χ0n) is 11.5. The Kier molecular flexibility index (Phi) is 2.34. The van der Waals surface area contributed by atoms with E-state index in [1.54, 1.807) is 0 Å². The number of hydrogen-bond donors (Lipinski definition) is 0. The van der Waals surface area contributed by atoms with E-state index in [1.165, 1.54) is 33.5 Å². The van der Waals surface area contributed by atoms with Crippen LogP contribution in [0.5, 0.6) is 0 Å². The van der Waals surface area contributed by atoms with Gasteiger partial charge in [0.05, 0.1) is 5.69 Å². The van der Waals surface area contributed by atoms with E-state index in [1.807, 2.05) is 12.3 Å². The maximum atomic E-state index is 4.53. The van der Waals surface area contributed by atoms with E-state index in [2.05, 4.69) is 50.9 Å². The van der Waals surface area contributed by atoms with Gasteiger partial charge < -0.3 is 0 Å². The Bertz CT molecular complexity index is 618. The summed E-state index contributed by atoms with van der Waals surface area (Å²) < 4.78 is 0. The molecule has 1 heterocycles. The van der Waals surface area contributed by atoms with Crippen LogP contribution in [0.15, 0.2) is 30.5 Å². The number of rotatable bonds is 0. The Hall–Kier alpha value is -1.63. The van der Waals surface area contributed by atoms with Crippen molar-refractivity contribution in [1.82, 2.24) is 4.98 Å². The van der Waals surface area contributed by atoms with Crippen LogP contribution < -0.4 is 0 Å².